The molecule has 0 heterocycles. The molecule has 0 aliphatic heterocycles. The van der Waals surface area contributed by atoms with Crippen molar-refractivity contribution in [1.82, 2.24) is 0 Å². The Morgan fingerprint density at radius 1 is 0.950 bits per heavy atom. The molecule has 3 rings (SSSR count). The predicted molar refractivity (Wildman–Crippen MR) is 80.2 cm³/mol. The molecule has 0 unspecified atom stereocenters. The molecule has 0 bridgehead atoms. The smallest absolute Gasteiger partial charge is 0.335 e. The maximum absolute atomic E-state index is 11.2. The summed E-state index contributed by atoms with van der Waals surface area (Å²) in [5.41, 5.74) is 6.17. The van der Waals surface area contributed by atoms with Crippen LogP contribution < -0.4 is 0 Å². The van der Waals surface area contributed by atoms with Gasteiger partial charge in [0.05, 0.1) is 5.56 Å². The van der Waals surface area contributed by atoms with E-state index in [1.807, 2.05) is 19.1 Å². The summed E-state index contributed by atoms with van der Waals surface area (Å²) in [6.07, 6.45) is 4.84. The lowest BCUT2D eigenvalue weighted by Crippen LogP contribution is -2.03. The number of aryl methyl sites for hydroxylation is 3. The van der Waals surface area contributed by atoms with Crippen LogP contribution in [0.4, 0.5) is 0 Å². The third-order valence-electron chi connectivity index (χ3n) is 4.15. The van der Waals surface area contributed by atoms with Crippen LogP contribution in [0.2, 0.25) is 0 Å². The first-order valence-electron chi connectivity index (χ1n) is 7.11. The lowest BCUT2D eigenvalue weighted by molar-refractivity contribution is 0.0696. The number of carbonyl (C=O) groups is 1. The van der Waals surface area contributed by atoms with Crippen molar-refractivity contribution < 1.29 is 9.90 Å². The van der Waals surface area contributed by atoms with Gasteiger partial charge in [0, 0.05) is 0 Å². The van der Waals surface area contributed by atoms with Crippen molar-refractivity contribution in [2.75, 3.05) is 0 Å². The van der Waals surface area contributed by atoms with Gasteiger partial charge in [-0.25, -0.2) is 4.79 Å². The van der Waals surface area contributed by atoms with Crippen LogP contribution in [-0.2, 0) is 12.8 Å². The molecule has 2 heteroatoms. The van der Waals surface area contributed by atoms with Gasteiger partial charge in [-0.1, -0.05) is 30.3 Å². The largest absolute Gasteiger partial charge is 0.478 e. The molecule has 0 saturated carbocycles. The zero-order chi connectivity index (χ0) is 14.1. The van der Waals surface area contributed by atoms with E-state index in [2.05, 4.69) is 18.2 Å². The second-order valence-electron chi connectivity index (χ2n) is 5.53. The minimum atomic E-state index is -0.859. The fourth-order valence-electron chi connectivity index (χ4n) is 2.94. The van der Waals surface area contributed by atoms with E-state index in [1.165, 1.54) is 30.4 Å². The van der Waals surface area contributed by atoms with Crippen LogP contribution >= 0.6 is 0 Å². The van der Waals surface area contributed by atoms with Crippen LogP contribution in [0.5, 0.6) is 0 Å². The number of hydrogen-bond donors (Lipinski definition) is 1. The fourth-order valence-corrected chi connectivity index (χ4v) is 2.94. The molecule has 1 N–H and O–H groups in total. The summed E-state index contributed by atoms with van der Waals surface area (Å²) in [7, 11) is 0. The summed E-state index contributed by atoms with van der Waals surface area (Å²) in [5.74, 6) is -0.859. The first-order chi connectivity index (χ1) is 9.65. The Bertz CT molecular complexity index is 671. The van der Waals surface area contributed by atoms with E-state index in [-0.39, 0.29) is 0 Å². The van der Waals surface area contributed by atoms with E-state index < -0.39 is 5.97 Å². The number of fused-ring (bicyclic) bond motifs is 1. The number of carboxylic acid groups (broad SMARTS) is 1. The van der Waals surface area contributed by atoms with Crippen molar-refractivity contribution in [2.24, 2.45) is 0 Å². The van der Waals surface area contributed by atoms with E-state index >= 15 is 0 Å². The van der Waals surface area contributed by atoms with Crippen molar-refractivity contribution in [1.29, 1.82) is 0 Å². The topological polar surface area (TPSA) is 37.3 Å². The molecule has 0 spiro atoms. The van der Waals surface area contributed by atoms with Gasteiger partial charge in [0.25, 0.3) is 0 Å². The summed E-state index contributed by atoms with van der Waals surface area (Å²) < 4.78 is 0. The third kappa shape index (κ3) is 2.34. The summed E-state index contributed by atoms with van der Waals surface area (Å²) in [6.45, 7) is 1.83. The molecule has 0 radical (unpaired) electrons. The highest BCUT2D eigenvalue weighted by molar-refractivity contribution is 5.91. The highest BCUT2D eigenvalue weighted by Crippen LogP contribution is 2.28. The van der Waals surface area contributed by atoms with Crippen molar-refractivity contribution >= 4 is 5.97 Å². The van der Waals surface area contributed by atoms with Gasteiger partial charge in [0.1, 0.15) is 0 Å². The molecular weight excluding hydrogens is 248 g/mol. The van der Waals surface area contributed by atoms with Crippen LogP contribution in [-0.4, -0.2) is 11.1 Å². The van der Waals surface area contributed by atoms with Gasteiger partial charge >= 0.3 is 5.97 Å². The fraction of sp³-hybridized carbons (Fsp3) is 0.278. The van der Waals surface area contributed by atoms with Crippen LogP contribution in [0.1, 0.15) is 39.9 Å². The highest BCUT2D eigenvalue weighted by atomic mass is 16.4. The Morgan fingerprint density at radius 3 is 2.35 bits per heavy atom. The third-order valence-corrected chi connectivity index (χ3v) is 4.15. The second kappa shape index (κ2) is 5.12. The average molecular weight is 266 g/mol. The Balaban J connectivity index is 2.05. The molecular formula is C18H18O2. The van der Waals surface area contributed by atoms with Crippen LogP contribution in [0.3, 0.4) is 0 Å². The molecule has 1 aliphatic rings. The maximum atomic E-state index is 11.2. The van der Waals surface area contributed by atoms with Crippen LogP contribution in [0.25, 0.3) is 11.1 Å². The summed E-state index contributed by atoms with van der Waals surface area (Å²) in [6, 6.07) is 12.2. The summed E-state index contributed by atoms with van der Waals surface area (Å²) >= 11 is 0. The predicted octanol–water partition coefficient (Wildman–Crippen LogP) is 4.24. The molecule has 20 heavy (non-hydrogen) atoms. The minimum absolute atomic E-state index is 0.389. The SMILES string of the molecule is Cc1ccc(-c2ccc3c(c2)CCCC3)cc1C(=O)O. The average Bonchev–Trinajstić information content (AvgIpc) is 2.47. The Labute approximate surface area is 119 Å². The lowest BCUT2D eigenvalue weighted by Gasteiger charge is -2.17. The second-order valence-corrected chi connectivity index (χ2v) is 5.53. The zero-order valence-electron chi connectivity index (χ0n) is 11.6. The van der Waals surface area contributed by atoms with E-state index in [1.54, 1.807) is 6.07 Å². The van der Waals surface area contributed by atoms with Gasteiger partial charge < -0.3 is 5.11 Å². The molecule has 2 aromatic rings. The van der Waals surface area contributed by atoms with Gasteiger partial charge in [-0.2, -0.15) is 0 Å². The van der Waals surface area contributed by atoms with E-state index in [0.717, 1.165) is 23.1 Å². The van der Waals surface area contributed by atoms with Gasteiger partial charge in [-0.05, 0) is 66.5 Å². The van der Waals surface area contributed by atoms with Gasteiger partial charge in [0.2, 0.25) is 0 Å². The van der Waals surface area contributed by atoms with Crippen molar-refractivity contribution in [3.63, 3.8) is 0 Å². The van der Waals surface area contributed by atoms with Crippen molar-refractivity contribution in [3.8, 4) is 11.1 Å². The highest BCUT2D eigenvalue weighted by Gasteiger charge is 2.12. The molecule has 0 saturated heterocycles. The van der Waals surface area contributed by atoms with Gasteiger partial charge in [-0.15, -0.1) is 0 Å². The number of carboxylic acids is 1. The summed E-state index contributed by atoms with van der Waals surface area (Å²) in [4.78, 5) is 11.2. The summed E-state index contributed by atoms with van der Waals surface area (Å²) in [5, 5.41) is 9.23. The van der Waals surface area contributed by atoms with Crippen molar-refractivity contribution in [2.45, 2.75) is 32.6 Å². The van der Waals surface area contributed by atoms with E-state index in [9.17, 15) is 9.90 Å². The van der Waals surface area contributed by atoms with Crippen LogP contribution in [0.15, 0.2) is 36.4 Å². The van der Waals surface area contributed by atoms with E-state index in [0.29, 0.717) is 5.56 Å². The molecule has 2 nitrogen and oxygen atoms in total. The van der Waals surface area contributed by atoms with Gasteiger partial charge in [-0.3, -0.25) is 0 Å². The maximum Gasteiger partial charge on any atom is 0.335 e. The lowest BCUT2D eigenvalue weighted by atomic mass is 9.88. The van der Waals surface area contributed by atoms with Crippen molar-refractivity contribution in [3.05, 3.63) is 58.7 Å². The zero-order valence-corrected chi connectivity index (χ0v) is 11.6. The van der Waals surface area contributed by atoms with E-state index in [4.69, 9.17) is 0 Å². The van der Waals surface area contributed by atoms with Crippen LogP contribution in [0, 0.1) is 6.92 Å². The Kier molecular flexibility index (Phi) is 3.31. The molecule has 1 aliphatic carbocycles. The first-order valence-corrected chi connectivity index (χ1v) is 7.11. The number of benzene rings is 2. The van der Waals surface area contributed by atoms with Gasteiger partial charge in [0.15, 0.2) is 0 Å². The minimum Gasteiger partial charge on any atom is -0.478 e. The quantitative estimate of drug-likeness (QED) is 0.882. The number of aromatic carboxylic acids is 1. The number of hydrogen-bond acceptors (Lipinski definition) is 1. The molecule has 0 amide bonds. The molecule has 0 aromatic heterocycles. The molecule has 0 fully saturated rings. The molecule has 2 aromatic carbocycles. The standard InChI is InChI=1S/C18H18O2/c1-12-6-7-16(11-17(12)18(19)20)15-9-8-13-4-2-3-5-14(13)10-15/h6-11H,2-5H2,1H3,(H,19,20). The first kappa shape index (κ1) is 12.9. The molecule has 0 atom stereocenters. The molecule has 102 valence electrons. The monoisotopic (exact) mass is 266 g/mol. The Morgan fingerprint density at radius 2 is 1.60 bits per heavy atom. The normalized spacial score (nSPS) is 13.8. The number of rotatable bonds is 2. The Hall–Kier alpha value is -2.09.